The van der Waals surface area contributed by atoms with Gasteiger partial charge in [0, 0.05) is 23.5 Å². The molecule has 4 rings (SSSR count). The van der Waals surface area contributed by atoms with Crippen molar-refractivity contribution in [3.63, 3.8) is 0 Å². The van der Waals surface area contributed by atoms with E-state index >= 15 is 0 Å². The highest BCUT2D eigenvalue weighted by atomic mass is 32.1. The minimum atomic E-state index is -0.556. The van der Waals surface area contributed by atoms with E-state index in [1.165, 1.54) is 20.4 Å². The number of fused-ring (bicyclic) bond motifs is 1. The van der Waals surface area contributed by atoms with E-state index in [0.717, 1.165) is 18.5 Å². The van der Waals surface area contributed by atoms with E-state index in [-0.39, 0.29) is 17.5 Å². The number of carbonyl (C=O) groups is 1. The van der Waals surface area contributed by atoms with Crippen LogP contribution in [0.2, 0.25) is 0 Å². The van der Waals surface area contributed by atoms with Crippen molar-refractivity contribution in [2.45, 2.75) is 39.3 Å². The summed E-state index contributed by atoms with van der Waals surface area (Å²) >= 11 is 1.49. The van der Waals surface area contributed by atoms with Gasteiger partial charge in [-0.05, 0) is 30.9 Å². The molecule has 2 N–H and O–H groups in total. The molecule has 1 amide bonds. The number of amides is 1. The van der Waals surface area contributed by atoms with E-state index in [0.29, 0.717) is 17.8 Å². The lowest BCUT2D eigenvalue weighted by Gasteiger charge is -2.15. The van der Waals surface area contributed by atoms with Crippen molar-refractivity contribution in [3.8, 4) is 5.88 Å². The van der Waals surface area contributed by atoms with Crippen LogP contribution in [-0.4, -0.2) is 36.2 Å². The number of hydrogen-bond acceptors (Lipinski definition) is 6. The van der Waals surface area contributed by atoms with Crippen molar-refractivity contribution in [3.05, 3.63) is 44.3 Å². The van der Waals surface area contributed by atoms with Crippen molar-refractivity contribution in [2.24, 2.45) is 5.92 Å². The molecule has 28 heavy (non-hydrogen) atoms. The van der Waals surface area contributed by atoms with Gasteiger partial charge in [0.1, 0.15) is 5.65 Å². The zero-order chi connectivity index (χ0) is 19.8. The van der Waals surface area contributed by atoms with Gasteiger partial charge in [0.15, 0.2) is 5.56 Å². The molecule has 1 aliphatic carbocycles. The fraction of sp³-hybridized carbons (Fsp3) is 0.368. The molecule has 9 heteroatoms. The number of rotatable bonds is 6. The van der Waals surface area contributed by atoms with Crippen LogP contribution in [0.3, 0.4) is 0 Å². The maximum atomic E-state index is 13.1. The molecule has 1 aliphatic rings. The Bertz CT molecular complexity index is 1110. The lowest BCUT2D eigenvalue weighted by atomic mass is 10.2. The third-order valence-corrected chi connectivity index (χ3v) is 5.09. The maximum Gasteiger partial charge on any atom is 0.270 e. The first kappa shape index (κ1) is 18.4. The summed E-state index contributed by atoms with van der Waals surface area (Å²) in [6.45, 7) is 4.37. The van der Waals surface area contributed by atoms with Crippen LogP contribution in [0.5, 0.6) is 5.88 Å². The molecule has 3 aromatic heterocycles. The van der Waals surface area contributed by atoms with E-state index in [1.54, 1.807) is 17.8 Å². The third-order valence-electron chi connectivity index (χ3n) is 4.48. The van der Waals surface area contributed by atoms with Gasteiger partial charge in [0.25, 0.3) is 11.5 Å². The Labute approximate surface area is 165 Å². The molecule has 3 aromatic rings. The van der Waals surface area contributed by atoms with Gasteiger partial charge < -0.3 is 10.4 Å². The van der Waals surface area contributed by atoms with Crippen LogP contribution in [0.4, 0.5) is 0 Å². The fourth-order valence-corrected chi connectivity index (χ4v) is 3.55. The highest BCUT2D eigenvalue weighted by Gasteiger charge is 2.29. The Morgan fingerprint density at radius 1 is 1.43 bits per heavy atom. The van der Waals surface area contributed by atoms with Crippen molar-refractivity contribution in [1.82, 2.24) is 24.5 Å². The van der Waals surface area contributed by atoms with Gasteiger partial charge in [-0.2, -0.15) is 9.61 Å². The van der Waals surface area contributed by atoms with Crippen LogP contribution in [0.1, 0.15) is 48.3 Å². The number of aromatic nitrogens is 4. The van der Waals surface area contributed by atoms with E-state index in [1.807, 2.05) is 25.3 Å². The molecule has 0 aromatic carbocycles. The molecular weight excluding hydrogens is 378 g/mol. The molecule has 1 saturated carbocycles. The van der Waals surface area contributed by atoms with Crippen molar-refractivity contribution in [2.75, 3.05) is 0 Å². The zero-order valence-corrected chi connectivity index (χ0v) is 16.4. The monoisotopic (exact) mass is 399 g/mol. The Hall–Kier alpha value is -2.94. The van der Waals surface area contributed by atoms with E-state index in [2.05, 4.69) is 15.4 Å². The highest BCUT2D eigenvalue weighted by molar-refractivity contribution is 7.07. The number of hydrogen-bond donors (Lipinski definition) is 2. The lowest BCUT2D eigenvalue weighted by Crippen LogP contribution is -2.36. The number of thiazole rings is 1. The molecule has 0 atom stereocenters. The summed E-state index contributed by atoms with van der Waals surface area (Å²) in [6.07, 6.45) is 6.97. The summed E-state index contributed by atoms with van der Waals surface area (Å²) in [5, 5.41) is 19.5. The Balaban J connectivity index is 1.87. The summed E-state index contributed by atoms with van der Waals surface area (Å²) in [4.78, 5) is 29.9. The molecular formula is C19H21N5O3S. The predicted octanol–water partition coefficient (Wildman–Crippen LogP) is 2.38. The largest absolute Gasteiger partial charge is 0.492 e. The summed E-state index contributed by atoms with van der Waals surface area (Å²) in [5.74, 6) is -0.832. The van der Waals surface area contributed by atoms with Crippen LogP contribution in [0, 0.1) is 5.92 Å². The van der Waals surface area contributed by atoms with Crippen molar-refractivity contribution >= 4 is 35.0 Å². The van der Waals surface area contributed by atoms with Crippen LogP contribution in [0.25, 0.3) is 17.8 Å². The molecule has 1 fully saturated rings. The second kappa shape index (κ2) is 7.23. The van der Waals surface area contributed by atoms with Gasteiger partial charge in [-0.1, -0.05) is 13.8 Å². The van der Waals surface area contributed by atoms with Gasteiger partial charge in [0.2, 0.25) is 5.88 Å². The molecule has 146 valence electrons. The van der Waals surface area contributed by atoms with Crippen LogP contribution in [0.15, 0.2) is 21.9 Å². The number of nitrogens with zero attached hydrogens (tertiary/aromatic N) is 4. The van der Waals surface area contributed by atoms with Gasteiger partial charge in [0.05, 0.1) is 17.4 Å². The van der Waals surface area contributed by atoms with E-state index in [4.69, 9.17) is 0 Å². The molecule has 0 spiro atoms. The molecule has 0 radical (unpaired) electrons. The molecule has 0 aliphatic heterocycles. The number of nitrogens with one attached hydrogen (secondary N) is 1. The van der Waals surface area contributed by atoms with Crippen LogP contribution in [-0.2, 0) is 6.54 Å². The van der Waals surface area contributed by atoms with Crippen LogP contribution >= 0.6 is 11.3 Å². The Morgan fingerprint density at radius 2 is 2.21 bits per heavy atom. The quantitative estimate of drug-likeness (QED) is 0.663. The van der Waals surface area contributed by atoms with Gasteiger partial charge >= 0.3 is 0 Å². The summed E-state index contributed by atoms with van der Waals surface area (Å²) in [5.41, 5.74) is 2.87. The predicted molar refractivity (Wildman–Crippen MR) is 107 cm³/mol. The summed E-state index contributed by atoms with van der Waals surface area (Å²) in [7, 11) is 0. The Kier molecular flexibility index (Phi) is 4.76. The second-order valence-corrected chi connectivity index (χ2v) is 8.06. The highest BCUT2D eigenvalue weighted by Crippen LogP contribution is 2.24. The first-order chi connectivity index (χ1) is 13.5. The normalized spacial score (nSPS) is 14.4. The topological polar surface area (TPSA) is 102 Å². The average molecular weight is 399 g/mol. The fourth-order valence-electron chi connectivity index (χ4n) is 3.03. The first-order valence-electron chi connectivity index (χ1n) is 9.16. The summed E-state index contributed by atoms with van der Waals surface area (Å²) < 4.78 is 2.77. The number of carbonyl (C=O) groups excluding carboxylic acids is 1. The molecule has 0 saturated heterocycles. The van der Waals surface area contributed by atoms with Crippen molar-refractivity contribution in [1.29, 1.82) is 0 Å². The first-order valence-corrected chi connectivity index (χ1v) is 10.1. The molecule has 8 nitrogen and oxygen atoms in total. The molecule has 0 unspecified atom stereocenters. The molecule has 0 bridgehead atoms. The molecule has 3 heterocycles. The SMILES string of the molecule is CC(C)Cn1c(=O)c(C(=O)NC2CC2)c(O)n2ncc(/C=C/c3cscn3)c12. The minimum absolute atomic E-state index is 0.0785. The minimum Gasteiger partial charge on any atom is -0.492 e. The second-order valence-electron chi connectivity index (χ2n) is 7.34. The van der Waals surface area contributed by atoms with E-state index < -0.39 is 17.3 Å². The maximum absolute atomic E-state index is 13.1. The summed E-state index contributed by atoms with van der Waals surface area (Å²) in [6, 6.07) is 0.0785. The van der Waals surface area contributed by atoms with E-state index in [9.17, 15) is 14.7 Å². The Morgan fingerprint density at radius 3 is 2.86 bits per heavy atom. The lowest BCUT2D eigenvalue weighted by molar-refractivity contribution is 0.0944. The average Bonchev–Trinajstić information content (AvgIpc) is 3.14. The smallest absolute Gasteiger partial charge is 0.270 e. The van der Waals surface area contributed by atoms with Gasteiger partial charge in [-0.3, -0.25) is 14.2 Å². The van der Waals surface area contributed by atoms with Gasteiger partial charge in [-0.15, -0.1) is 11.3 Å². The third kappa shape index (κ3) is 3.45. The zero-order valence-electron chi connectivity index (χ0n) is 15.6. The van der Waals surface area contributed by atoms with Crippen LogP contribution < -0.4 is 10.9 Å². The standard InChI is InChI=1S/C19H21N5O3S/c1-11(2)8-23-17-12(3-4-14-9-28-10-20-14)7-21-24(17)19(27)15(18(23)26)16(25)22-13-5-6-13/h3-4,7,9-11,13,27H,5-6,8H2,1-2H3,(H,22,25)/b4-3+. The number of aromatic hydroxyl groups is 1. The van der Waals surface area contributed by atoms with Crippen molar-refractivity contribution < 1.29 is 9.90 Å². The van der Waals surface area contributed by atoms with Gasteiger partial charge in [-0.25, -0.2) is 4.98 Å².